The maximum atomic E-state index is 13.4. The van der Waals surface area contributed by atoms with E-state index in [1.165, 1.54) is 24.3 Å². The number of nitrogens with zero attached hydrogens (tertiary/aromatic N) is 2. The van der Waals surface area contributed by atoms with Crippen molar-refractivity contribution in [2.75, 3.05) is 0 Å². The van der Waals surface area contributed by atoms with E-state index in [2.05, 4.69) is 0 Å². The number of carbonyl (C=O) groups is 1. The van der Waals surface area contributed by atoms with Crippen molar-refractivity contribution in [1.29, 1.82) is 0 Å². The third-order valence-electron chi connectivity index (χ3n) is 4.77. The van der Waals surface area contributed by atoms with E-state index in [1.54, 1.807) is 36.4 Å². The van der Waals surface area contributed by atoms with E-state index in [1.807, 2.05) is 0 Å². The Morgan fingerprint density at radius 3 is 1.96 bits per heavy atom. The molecule has 0 saturated heterocycles. The summed E-state index contributed by atoms with van der Waals surface area (Å²) in [4.78, 5) is 35.5. The summed E-state index contributed by atoms with van der Waals surface area (Å²) in [7, 11) is 0. The van der Waals surface area contributed by atoms with Gasteiger partial charge in [-0.15, -0.1) is 0 Å². The number of Topliss-reactive ketones (excluding diaryl/α,β-unsaturated/α-hetero) is 1. The van der Waals surface area contributed by atoms with E-state index >= 15 is 0 Å². The maximum Gasteiger partial charge on any atom is 0.377 e. The van der Waals surface area contributed by atoms with E-state index in [0.717, 1.165) is 13.0 Å². The molecule has 0 fully saturated rings. The fourth-order valence-electron chi connectivity index (χ4n) is 3.66. The summed E-state index contributed by atoms with van der Waals surface area (Å²) in [5.41, 5.74) is -4.92. The van der Waals surface area contributed by atoms with Crippen molar-refractivity contribution in [3.8, 4) is 0 Å². The molecule has 2 aromatic carbocycles. The Labute approximate surface area is 154 Å². The zero-order chi connectivity index (χ0) is 19.8. The van der Waals surface area contributed by atoms with Crippen LogP contribution in [0.3, 0.4) is 0 Å². The van der Waals surface area contributed by atoms with Gasteiger partial charge in [0.2, 0.25) is 0 Å². The first kappa shape index (κ1) is 18.4. The second-order valence-electron chi connectivity index (χ2n) is 6.56. The van der Waals surface area contributed by atoms with Crippen molar-refractivity contribution >= 4 is 11.4 Å². The van der Waals surface area contributed by atoms with Gasteiger partial charge in [-0.05, 0) is 18.6 Å². The van der Waals surface area contributed by atoms with Gasteiger partial charge in [0.1, 0.15) is 0 Å². The van der Waals surface area contributed by atoms with Gasteiger partial charge in [-0.25, -0.2) is 0 Å². The molecule has 0 aliphatic heterocycles. The third kappa shape index (κ3) is 2.70. The molecule has 138 valence electrons. The topological polar surface area (TPSA) is 124 Å². The highest BCUT2D eigenvalue weighted by molar-refractivity contribution is 6.26. The monoisotopic (exact) mass is 368 g/mol. The van der Waals surface area contributed by atoms with Gasteiger partial charge in [0, 0.05) is 21.0 Å². The molecule has 0 unspecified atom stereocenters. The van der Waals surface area contributed by atoms with Gasteiger partial charge in [0.25, 0.3) is 5.78 Å². The van der Waals surface area contributed by atoms with E-state index in [9.17, 15) is 30.1 Å². The average Bonchev–Trinajstić information content (AvgIpc) is 2.63. The highest BCUT2D eigenvalue weighted by Gasteiger charge is 2.73. The first-order valence-corrected chi connectivity index (χ1v) is 8.12. The quantitative estimate of drug-likeness (QED) is 0.652. The molecule has 8 heteroatoms. The number of carbonyl (C=O) groups excluding carboxylic acids is 1. The van der Waals surface area contributed by atoms with Crippen LogP contribution in [0, 0.1) is 20.2 Å². The molecule has 0 saturated carbocycles. The molecule has 0 amide bonds. The lowest BCUT2D eigenvalue weighted by Crippen LogP contribution is -2.66. The predicted molar refractivity (Wildman–Crippen MR) is 95.9 cm³/mol. The molecule has 0 radical (unpaired) electrons. The van der Waals surface area contributed by atoms with Crippen LogP contribution >= 0.6 is 0 Å². The van der Waals surface area contributed by atoms with Gasteiger partial charge in [-0.1, -0.05) is 60.7 Å². The second-order valence-corrected chi connectivity index (χ2v) is 6.56. The molecule has 27 heavy (non-hydrogen) atoms. The first-order valence-electron chi connectivity index (χ1n) is 8.12. The van der Waals surface area contributed by atoms with Crippen LogP contribution < -0.4 is 0 Å². The molecule has 1 aliphatic rings. The normalized spacial score (nSPS) is 27.7. The van der Waals surface area contributed by atoms with Crippen LogP contribution in [0.4, 0.5) is 0 Å². The molecular weight excluding hydrogens is 352 g/mol. The molecule has 3 rings (SSSR count). The van der Waals surface area contributed by atoms with Gasteiger partial charge >= 0.3 is 11.6 Å². The Morgan fingerprint density at radius 1 is 0.963 bits per heavy atom. The number of benzene rings is 2. The van der Waals surface area contributed by atoms with Crippen molar-refractivity contribution in [2.45, 2.75) is 24.1 Å². The number of nitro groups is 2. The molecule has 8 nitrogen and oxygen atoms in total. The molecule has 3 atom stereocenters. The SMILES string of the molecule is C[C@@]1(O)C=C(c2ccccc2)C(=O)[C@](c2ccccc2)([N+](=O)[O-])[C@@H]1[N+](=O)[O-]. The zero-order valence-corrected chi connectivity index (χ0v) is 14.3. The van der Waals surface area contributed by atoms with E-state index in [-0.39, 0.29) is 11.1 Å². The Bertz CT molecular complexity index is 939. The largest absolute Gasteiger partial charge is 0.378 e. The van der Waals surface area contributed by atoms with Gasteiger partial charge < -0.3 is 5.11 Å². The van der Waals surface area contributed by atoms with Crippen molar-refractivity contribution in [3.63, 3.8) is 0 Å². The van der Waals surface area contributed by atoms with E-state index in [0.29, 0.717) is 5.56 Å². The van der Waals surface area contributed by atoms with E-state index < -0.39 is 32.8 Å². The molecule has 1 N–H and O–H groups in total. The first-order chi connectivity index (χ1) is 12.7. The number of rotatable bonds is 4. The van der Waals surface area contributed by atoms with Gasteiger partial charge in [0.05, 0.1) is 0 Å². The Kier molecular flexibility index (Phi) is 4.36. The minimum Gasteiger partial charge on any atom is -0.378 e. The van der Waals surface area contributed by atoms with Gasteiger partial charge in [-0.3, -0.25) is 25.0 Å². The number of aliphatic hydroxyl groups is 1. The van der Waals surface area contributed by atoms with Crippen LogP contribution in [0.5, 0.6) is 0 Å². The summed E-state index contributed by atoms with van der Waals surface area (Å²) in [5, 5.41) is 34.8. The van der Waals surface area contributed by atoms with Crippen molar-refractivity contribution in [1.82, 2.24) is 0 Å². The Balaban J connectivity index is 2.39. The van der Waals surface area contributed by atoms with Crippen molar-refractivity contribution < 1.29 is 19.7 Å². The Hall–Kier alpha value is -3.39. The molecule has 2 aromatic rings. The summed E-state index contributed by atoms with van der Waals surface area (Å²) < 4.78 is 0. The summed E-state index contributed by atoms with van der Waals surface area (Å²) in [6, 6.07) is 13.0. The molecule has 0 bridgehead atoms. The summed E-state index contributed by atoms with van der Waals surface area (Å²) in [5.74, 6) is -1.03. The number of hydrogen-bond acceptors (Lipinski definition) is 6. The highest BCUT2D eigenvalue weighted by atomic mass is 16.7. The minimum atomic E-state index is -2.76. The van der Waals surface area contributed by atoms with Crippen LogP contribution in [0.25, 0.3) is 5.57 Å². The van der Waals surface area contributed by atoms with Crippen molar-refractivity contribution in [2.24, 2.45) is 0 Å². The summed E-state index contributed by atoms with van der Waals surface area (Å²) >= 11 is 0. The van der Waals surface area contributed by atoms with Crippen LogP contribution in [-0.2, 0) is 10.3 Å². The average molecular weight is 368 g/mol. The van der Waals surface area contributed by atoms with E-state index in [4.69, 9.17) is 0 Å². The standard InChI is InChI=1S/C19H16N2O6/c1-18(23)12-15(13-8-4-2-5-9-13)16(22)19(21(26)27,17(18)20(24)25)14-10-6-3-7-11-14/h2-12,17,23H,1H3/t17-,18-,19+/m1/s1. The zero-order valence-electron chi connectivity index (χ0n) is 14.3. The second kappa shape index (κ2) is 6.40. The minimum absolute atomic E-state index is 0.126. The van der Waals surface area contributed by atoms with Crippen LogP contribution in [0.2, 0.25) is 0 Å². The Morgan fingerprint density at radius 2 is 1.48 bits per heavy atom. The fraction of sp³-hybridized carbons (Fsp3) is 0.211. The fourth-order valence-corrected chi connectivity index (χ4v) is 3.66. The van der Waals surface area contributed by atoms with Gasteiger partial charge in [-0.2, -0.15) is 0 Å². The molecule has 0 aromatic heterocycles. The molecule has 0 heterocycles. The van der Waals surface area contributed by atoms with Crippen molar-refractivity contribution in [3.05, 3.63) is 98.1 Å². The van der Waals surface area contributed by atoms with Crippen LogP contribution in [0.1, 0.15) is 18.1 Å². The van der Waals surface area contributed by atoms with Crippen LogP contribution in [-0.4, -0.2) is 32.4 Å². The number of hydrogen-bond donors (Lipinski definition) is 1. The molecule has 0 spiro atoms. The highest BCUT2D eigenvalue weighted by Crippen LogP contribution is 2.45. The summed E-state index contributed by atoms with van der Waals surface area (Å²) in [6.07, 6.45) is 1.04. The lowest BCUT2D eigenvalue weighted by molar-refractivity contribution is -0.657. The maximum absolute atomic E-state index is 13.4. The smallest absolute Gasteiger partial charge is 0.377 e. The molecular formula is C19H16N2O6. The lowest BCUT2D eigenvalue weighted by Gasteiger charge is -2.37. The molecule has 1 aliphatic carbocycles. The predicted octanol–water partition coefficient (Wildman–Crippen LogP) is 2.22. The third-order valence-corrected chi connectivity index (χ3v) is 4.77. The lowest BCUT2D eigenvalue weighted by atomic mass is 9.65. The van der Waals surface area contributed by atoms with Crippen LogP contribution in [0.15, 0.2) is 66.7 Å². The van der Waals surface area contributed by atoms with Gasteiger partial charge in [0.15, 0.2) is 5.60 Å². The summed E-state index contributed by atoms with van der Waals surface area (Å²) in [6.45, 7) is 1.11. The number of ketones is 1.